The second-order valence-electron chi connectivity index (χ2n) is 5.94. The van der Waals surface area contributed by atoms with E-state index in [1.165, 1.54) is 18.5 Å². The van der Waals surface area contributed by atoms with Gasteiger partial charge in [-0.25, -0.2) is 0 Å². The van der Waals surface area contributed by atoms with Gasteiger partial charge in [-0.2, -0.15) is 23.4 Å². The molecule has 0 bridgehead atoms. The molecule has 0 aliphatic carbocycles. The Hall–Kier alpha value is -1.99. The first-order chi connectivity index (χ1) is 11.5. The van der Waals surface area contributed by atoms with Crippen LogP contribution in [-0.2, 0) is 6.18 Å². The van der Waals surface area contributed by atoms with Gasteiger partial charge in [-0.3, -0.25) is 4.90 Å². The fourth-order valence-corrected chi connectivity index (χ4v) is 3.23. The zero-order valence-corrected chi connectivity index (χ0v) is 12.9. The number of hydrogen-bond acceptors (Lipinski definition) is 4. The van der Waals surface area contributed by atoms with Crippen LogP contribution in [-0.4, -0.2) is 33.3 Å². The average molecular weight is 337 g/mol. The van der Waals surface area contributed by atoms with Crippen molar-refractivity contribution >= 4 is 0 Å². The third-order valence-electron chi connectivity index (χ3n) is 4.49. The van der Waals surface area contributed by atoms with E-state index >= 15 is 0 Å². The molecular formula is C17H18F3N3O. The van der Waals surface area contributed by atoms with Crippen LogP contribution in [0.5, 0.6) is 0 Å². The summed E-state index contributed by atoms with van der Waals surface area (Å²) >= 11 is 0. The lowest BCUT2D eigenvalue weighted by Crippen LogP contribution is -2.36. The van der Waals surface area contributed by atoms with Gasteiger partial charge in [0, 0.05) is 24.8 Å². The summed E-state index contributed by atoms with van der Waals surface area (Å²) in [5.74, 6) is -0.151. The molecule has 1 atom stereocenters. The Labute approximate surface area is 137 Å². The largest absolute Gasteiger partial charge is 0.416 e. The van der Waals surface area contributed by atoms with Crippen molar-refractivity contribution in [2.45, 2.75) is 31.2 Å². The zero-order chi connectivity index (χ0) is 17.2. The third-order valence-corrected chi connectivity index (χ3v) is 4.49. The van der Waals surface area contributed by atoms with Gasteiger partial charge in [0.2, 0.25) is 0 Å². The van der Waals surface area contributed by atoms with Gasteiger partial charge in [0.05, 0.1) is 11.8 Å². The molecule has 1 saturated heterocycles. The summed E-state index contributed by atoms with van der Waals surface area (Å²) in [6.07, 6.45) is -0.999. The number of rotatable bonds is 3. The molecule has 128 valence electrons. The quantitative estimate of drug-likeness (QED) is 0.933. The molecule has 2 aromatic rings. The summed E-state index contributed by atoms with van der Waals surface area (Å²) in [7, 11) is 0. The molecule has 1 aliphatic rings. The van der Waals surface area contributed by atoms with Crippen molar-refractivity contribution in [2.75, 3.05) is 13.1 Å². The van der Waals surface area contributed by atoms with Gasteiger partial charge in [-0.05, 0) is 36.5 Å². The average Bonchev–Trinajstić information content (AvgIpc) is 2.61. The van der Waals surface area contributed by atoms with E-state index in [4.69, 9.17) is 0 Å². The highest BCUT2D eigenvalue weighted by atomic mass is 19.4. The summed E-state index contributed by atoms with van der Waals surface area (Å²) in [6, 6.07) is 7.45. The monoisotopic (exact) mass is 337 g/mol. The summed E-state index contributed by atoms with van der Waals surface area (Å²) < 4.78 is 39.5. The first-order valence-electron chi connectivity index (χ1n) is 7.81. The van der Waals surface area contributed by atoms with Crippen LogP contribution in [0, 0.1) is 0 Å². The number of likely N-dealkylation sites (tertiary alicyclic amines) is 1. The molecular weight excluding hydrogens is 319 g/mol. The first kappa shape index (κ1) is 16.9. The zero-order valence-electron chi connectivity index (χ0n) is 12.9. The predicted octanol–water partition coefficient (Wildman–Crippen LogP) is 3.37. The Morgan fingerprint density at radius 3 is 2.42 bits per heavy atom. The molecule has 4 nitrogen and oxygen atoms in total. The summed E-state index contributed by atoms with van der Waals surface area (Å²) in [6.45, 7) is 1.06. The second-order valence-corrected chi connectivity index (χ2v) is 5.94. The fraction of sp³-hybridized carbons (Fsp3) is 0.412. The molecule has 0 radical (unpaired) electrons. The van der Waals surface area contributed by atoms with Crippen LogP contribution in [0.25, 0.3) is 0 Å². The van der Waals surface area contributed by atoms with Gasteiger partial charge in [-0.1, -0.05) is 18.2 Å². The van der Waals surface area contributed by atoms with Gasteiger partial charge in [0.15, 0.2) is 0 Å². The number of aromatic nitrogens is 2. The maximum absolute atomic E-state index is 13.2. The minimum Gasteiger partial charge on any atom is -0.374 e. The van der Waals surface area contributed by atoms with E-state index in [-0.39, 0.29) is 5.92 Å². The van der Waals surface area contributed by atoms with Crippen LogP contribution in [0.2, 0.25) is 0 Å². The van der Waals surface area contributed by atoms with E-state index in [1.807, 2.05) is 4.90 Å². The second kappa shape index (κ2) is 6.86. The van der Waals surface area contributed by atoms with Crippen LogP contribution < -0.4 is 0 Å². The number of alkyl halides is 3. The number of aliphatic hydroxyl groups excluding tert-OH is 1. The SMILES string of the molecule is OC(c1ccnnc1)N1CCC(c2ccccc2C(F)(F)F)CC1. The van der Waals surface area contributed by atoms with Crippen molar-refractivity contribution < 1.29 is 18.3 Å². The highest BCUT2D eigenvalue weighted by molar-refractivity contribution is 5.33. The van der Waals surface area contributed by atoms with E-state index in [9.17, 15) is 18.3 Å². The normalized spacial score (nSPS) is 18.5. The molecule has 24 heavy (non-hydrogen) atoms. The maximum Gasteiger partial charge on any atom is 0.416 e. The molecule has 1 N–H and O–H groups in total. The van der Waals surface area contributed by atoms with E-state index < -0.39 is 18.0 Å². The minimum atomic E-state index is -4.34. The van der Waals surface area contributed by atoms with Crippen LogP contribution >= 0.6 is 0 Å². The Kier molecular flexibility index (Phi) is 4.82. The van der Waals surface area contributed by atoms with Crippen molar-refractivity contribution in [2.24, 2.45) is 0 Å². The molecule has 1 fully saturated rings. The smallest absolute Gasteiger partial charge is 0.374 e. The van der Waals surface area contributed by atoms with Gasteiger partial charge in [-0.15, -0.1) is 0 Å². The molecule has 1 aliphatic heterocycles. The molecule has 0 spiro atoms. The van der Waals surface area contributed by atoms with E-state index in [1.54, 1.807) is 18.2 Å². The van der Waals surface area contributed by atoms with E-state index in [0.717, 1.165) is 6.07 Å². The maximum atomic E-state index is 13.2. The molecule has 0 amide bonds. The number of hydrogen-bond donors (Lipinski definition) is 1. The topological polar surface area (TPSA) is 49.3 Å². The molecule has 3 rings (SSSR count). The number of piperidine rings is 1. The van der Waals surface area contributed by atoms with Gasteiger partial charge >= 0.3 is 6.18 Å². The number of aliphatic hydroxyl groups is 1. The lowest BCUT2D eigenvalue weighted by Gasteiger charge is -2.35. The van der Waals surface area contributed by atoms with Gasteiger partial charge < -0.3 is 5.11 Å². The van der Waals surface area contributed by atoms with Gasteiger partial charge in [0.25, 0.3) is 0 Å². The van der Waals surface area contributed by atoms with Crippen molar-refractivity contribution in [1.82, 2.24) is 15.1 Å². The highest BCUT2D eigenvalue weighted by Crippen LogP contribution is 2.39. The lowest BCUT2D eigenvalue weighted by molar-refractivity contribution is -0.138. The van der Waals surface area contributed by atoms with Crippen LogP contribution in [0.15, 0.2) is 42.7 Å². The molecule has 1 aromatic heterocycles. The standard InChI is InChI=1S/C17H18F3N3O/c18-17(19,20)15-4-2-1-3-14(15)12-6-9-23(10-7-12)16(24)13-5-8-21-22-11-13/h1-5,8,11-12,16,24H,6-7,9-10H2. The van der Waals surface area contributed by atoms with E-state index in [2.05, 4.69) is 10.2 Å². The van der Waals surface area contributed by atoms with Crippen LogP contribution in [0.1, 0.15) is 41.7 Å². The Balaban J connectivity index is 1.70. The molecule has 2 heterocycles. The van der Waals surface area contributed by atoms with Crippen molar-refractivity contribution in [3.05, 3.63) is 59.4 Å². The van der Waals surface area contributed by atoms with Crippen LogP contribution in [0.3, 0.4) is 0 Å². The molecule has 1 aromatic carbocycles. The fourth-order valence-electron chi connectivity index (χ4n) is 3.23. The molecule has 7 heteroatoms. The van der Waals surface area contributed by atoms with Crippen molar-refractivity contribution in [3.8, 4) is 0 Å². The Morgan fingerprint density at radius 1 is 1.08 bits per heavy atom. The van der Waals surface area contributed by atoms with E-state index in [0.29, 0.717) is 37.1 Å². The van der Waals surface area contributed by atoms with Crippen molar-refractivity contribution in [3.63, 3.8) is 0 Å². The predicted molar refractivity (Wildman–Crippen MR) is 82.0 cm³/mol. The lowest BCUT2D eigenvalue weighted by atomic mass is 9.86. The van der Waals surface area contributed by atoms with Crippen molar-refractivity contribution in [1.29, 1.82) is 0 Å². The minimum absolute atomic E-state index is 0.151. The third kappa shape index (κ3) is 3.57. The molecule has 0 saturated carbocycles. The first-order valence-corrected chi connectivity index (χ1v) is 7.81. The highest BCUT2D eigenvalue weighted by Gasteiger charge is 2.36. The summed E-state index contributed by atoms with van der Waals surface area (Å²) in [5, 5.41) is 17.8. The van der Waals surface area contributed by atoms with Gasteiger partial charge in [0.1, 0.15) is 6.23 Å². The summed E-state index contributed by atoms with van der Waals surface area (Å²) in [4.78, 5) is 1.85. The van der Waals surface area contributed by atoms with Crippen LogP contribution in [0.4, 0.5) is 13.2 Å². The number of benzene rings is 1. The number of nitrogens with zero attached hydrogens (tertiary/aromatic N) is 3. The number of halogens is 3. The molecule has 1 unspecified atom stereocenters. The Bertz CT molecular complexity index is 670. The summed E-state index contributed by atoms with van der Waals surface area (Å²) in [5.41, 5.74) is 0.436. The Morgan fingerprint density at radius 2 is 1.79 bits per heavy atom.